The van der Waals surface area contributed by atoms with E-state index in [0.717, 1.165) is 57.8 Å². The minimum atomic E-state index is -1.81. The summed E-state index contributed by atoms with van der Waals surface area (Å²) >= 11 is 0. The van der Waals surface area contributed by atoms with Crippen molar-refractivity contribution in [2.45, 2.75) is 200 Å². The van der Waals surface area contributed by atoms with E-state index in [-0.39, 0.29) is 40.1 Å². The van der Waals surface area contributed by atoms with Gasteiger partial charge < -0.3 is 59.4 Å². The molecule has 0 amide bonds. The molecule has 7 rings (SSSR count). The number of aliphatic carboxylic acids is 1. The molecule has 2 saturated heterocycles. The monoisotopic (exact) mass is 851 g/mol. The summed E-state index contributed by atoms with van der Waals surface area (Å²) in [4.78, 5) is 26.4. The zero-order valence-electron chi connectivity index (χ0n) is 37.0. The van der Waals surface area contributed by atoms with Gasteiger partial charge in [0.05, 0.1) is 24.7 Å². The molecule has 0 aromatic rings. The minimum absolute atomic E-state index is 0.0247. The van der Waals surface area contributed by atoms with Crippen molar-refractivity contribution in [1.82, 2.24) is 0 Å². The lowest BCUT2D eigenvalue weighted by Gasteiger charge is -2.71. The van der Waals surface area contributed by atoms with Crippen LogP contribution < -0.4 is 0 Å². The summed E-state index contributed by atoms with van der Waals surface area (Å²) in [5, 5.41) is 75.2. The van der Waals surface area contributed by atoms with Crippen LogP contribution in [-0.4, -0.2) is 128 Å². The number of carbonyl (C=O) groups excluding carboxylic acids is 1. The van der Waals surface area contributed by atoms with Crippen molar-refractivity contribution in [3.05, 3.63) is 11.6 Å². The normalized spacial score (nSPS) is 49.6. The standard InChI is InChI=1S/C46H74O14/c1-9-10-21-56-37(53)35-32(50)33(51)36(60-38-34(52)31(49)30(48)26(23-47)57-38)39(59-35)58-29-14-15-43(6)27(42(29,4)5)13-16-45(8)28(43)12-11-24-25-22-41(2,3)17-19-46(25,40(54)55)20-18-44(24,45)7/h11,25-36,38-39,47-52H,9-10,12-23H2,1-8H3,(H,54,55). The Balaban J connectivity index is 1.16. The predicted octanol–water partition coefficient (Wildman–Crippen LogP) is 4.23. The highest BCUT2D eigenvalue weighted by molar-refractivity contribution is 5.77. The van der Waals surface area contributed by atoms with Gasteiger partial charge in [0.2, 0.25) is 0 Å². The van der Waals surface area contributed by atoms with Crippen molar-refractivity contribution >= 4 is 11.9 Å². The zero-order valence-corrected chi connectivity index (χ0v) is 37.0. The van der Waals surface area contributed by atoms with E-state index < -0.39 is 96.9 Å². The zero-order chi connectivity index (χ0) is 44.0. The number of hydrogen-bond acceptors (Lipinski definition) is 13. The number of allylic oxidation sites excluding steroid dienone is 2. The summed E-state index contributed by atoms with van der Waals surface area (Å²) in [6.45, 7) is 17.6. The number of fused-ring (bicyclic) bond motifs is 7. The van der Waals surface area contributed by atoms with E-state index in [9.17, 15) is 45.3 Å². The third-order valence-corrected chi connectivity index (χ3v) is 18.0. The number of aliphatic hydroxyl groups is 6. The summed E-state index contributed by atoms with van der Waals surface area (Å²) in [5.41, 5.74) is -0.00566. The van der Waals surface area contributed by atoms with Crippen LogP contribution in [0.15, 0.2) is 11.6 Å². The highest BCUT2D eigenvalue weighted by atomic mass is 16.8. The number of esters is 1. The average molecular weight is 851 g/mol. The molecule has 4 saturated carbocycles. The molecule has 60 heavy (non-hydrogen) atoms. The average Bonchev–Trinajstić information content (AvgIpc) is 3.18. The Morgan fingerprint density at radius 2 is 1.48 bits per heavy atom. The molecule has 5 aliphatic carbocycles. The molecule has 18 atom stereocenters. The molecular weight excluding hydrogens is 776 g/mol. The van der Waals surface area contributed by atoms with Gasteiger partial charge in [0.1, 0.15) is 42.7 Å². The Morgan fingerprint density at radius 1 is 0.783 bits per heavy atom. The van der Waals surface area contributed by atoms with E-state index in [1.165, 1.54) is 5.57 Å². The van der Waals surface area contributed by atoms with E-state index in [0.29, 0.717) is 25.2 Å². The second-order valence-corrected chi connectivity index (χ2v) is 21.9. The second kappa shape index (κ2) is 16.4. The van der Waals surface area contributed by atoms with E-state index in [4.69, 9.17) is 23.7 Å². The van der Waals surface area contributed by atoms with Crippen LogP contribution in [0.1, 0.15) is 132 Å². The van der Waals surface area contributed by atoms with Gasteiger partial charge in [-0.3, -0.25) is 4.79 Å². The number of carboxylic acids is 1. The first-order chi connectivity index (χ1) is 28.0. The number of rotatable bonds is 10. The molecule has 14 heteroatoms. The van der Waals surface area contributed by atoms with Crippen molar-refractivity contribution < 1.29 is 69.0 Å². The van der Waals surface area contributed by atoms with Crippen LogP contribution in [0.3, 0.4) is 0 Å². The smallest absolute Gasteiger partial charge is 0.338 e. The van der Waals surface area contributed by atoms with Crippen LogP contribution in [0, 0.1) is 50.2 Å². The van der Waals surface area contributed by atoms with E-state index >= 15 is 0 Å². The van der Waals surface area contributed by atoms with Gasteiger partial charge in [-0.25, -0.2) is 4.79 Å². The Hall–Kier alpha value is -1.72. The summed E-state index contributed by atoms with van der Waals surface area (Å²) in [7, 11) is 0. The molecule has 7 N–H and O–H groups in total. The molecule has 0 radical (unpaired) electrons. The molecule has 0 aromatic carbocycles. The molecule has 14 nitrogen and oxygen atoms in total. The molecule has 0 bridgehead atoms. The molecule has 0 aromatic heterocycles. The van der Waals surface area contributed by atoms with Gasteiger partial charge in [0.15, 0.2) is 18.7 Å². The fraction of sp³-hybridized carbons (Fsp3) is 0.913. The number of aliphatic hydroxyl groups excluding tert-OH is 6. The fourth-order valence-corrected chi connectivity index (χ4v) is 14.0. The maximum absolute atomic E-state index is 13.3. The minimum Gasteiger partial charge on any atom is -0.481 e. The topological polar surface area (TPSA) is 222 Å². The van der Waals surface area contributed by atoms with Crippen molar-refractivity contribution in [3.63, 3.8) is 0 Å². The van der Waals surface area contributed by atoms with Crippen molar-refractivity contribution in [2.75, 3.05) is 13.2 Å². The van der Waals surface area contributed by atoms with E-state index in [2.05, 4.69) is 54.5 Å². The quantitative estimate of drug-likeness (QED) is 0.0708. The van der Waals surface area contributed by atoms with Gasteiger partial charge in [0.25, 0.3) is 0 Å². The van der Waals surface area contributed by atoms with Crippen LogP contribution in [0.25, 0.3) is 0 Å². The highest BCUT2D eigenvalue weighted by Gasteiger charge is 2.70. The highest BCUT2D eigenvalue weighted by Crippen LogP contribution is 2.76. The Labute approximate surface area is 355 Å². The van der Waals surface area contributed by atoms with Crippen molar-refractivity contribution in [1.29, 1.82) is 0 Å². The lowest BCUT2D eigenvalue weighted by molar-refractivity contribution is -0.374. The molecule has 7 aliphatic rings. The number of hydrogen-bond donors (Lipinski definition) is 7. The van der Waals surface area contributed by atoms with Gasteiger partial charge in [0, 0.05) is 0 Å². The third-order valence-electron chi connectivity index (χ3n) is 18.0. The summed E-state index contributed by atoms with van der Waals surface area (Å²) in [6, 6.07) is 0. The largest absolute Gasteiger partial charge is 0.481 e. The first-order valence-electron chi connectivity index (χ1n) is 22.8. The van der Waals surface area contributed by atoms with Crippen LogP contribution in [0.4, 0.5) is 0 Å². The van der Waals surface area contributed by atoms with Crippen LogP contribution >= 0.6 is 0 Å². The maximum atomic E-state index is 13.3. The van der Waals surface area contributed by atoms with Crippen molar-refractivity contribution in [2.24, 2.45) is 50.2 Å². The first kappa shape index (κ1) is 46.3. The Kier molecular flexibility index (Phi) is 12.6. The number of unbranched alkanes of at least 4 members (excludes halogenated alkanes) is 1. The van der Waals surface area contributed by atoms with E-state index in [1.54, 1.807) is 0 Å². The predicted molar refractivity (Wildman–Crippen MR) is 217 cm³/mol. The second-order valence-electron chi connectivity index (χ2n) is 21.9. The molecule has 18 unspecified atom stereocenters. The number of carboxylic acid groups (broad SMARTS) is 1. The summed E-state index contributed by atoms with van der Waals surface area (Å²) in [5.74, 6) is -0.959. The van der Waals surface area contributed by atoms with Gasteiger partial charge in [-0.15, -0.1) is 0 Å². The summed E-state index contributed by atoms with van der Waals surface area (Å²) in [6.07, 6.45) is -4.71. The van der Waals surface area contributed by atoms with Gasteiger partial charge in [-0.1, -0.05) is 73.5 Å². The van der Waals surface area contributed by atoms with Gasteiger partial charge in [-0.2, -0.15) is 0 Å². The molecule has 2 heterocycles. The molecule has 6 fully saturated rings. The lowest BCUT2D eigenvalue weighted by Crippen LogP contribution is -2.67. The molecule has 0 spiro atoms. The van der Waals surface area contributed by atoms with Gasteiger partial charge in [-0.05, 0) is 115 Å². The maximum Gasteiger partial charge on any atom is 0.338 e. The molecule has 342 valence electrons. The van der Waals surface area contributed by atoms with Gasteiger partial charge >= 0.3 is 11.9 Å². The third kappa shape index (κ3) is 7.23. The van der Waals surface area contributed by atoms with Crippen LogP contribution in [-0.2, 0) is 33.3 Å². The lowest BCUT2D eigenvalue weighted by atomic mass is 9.33. The Morgan fingerprint density at radius 3 is 2.15 bits per heavy atom. The molecular formula is C46H74O14. The van der Waals surface area contributed by atoms with Crippen LogP contribution in [0.2, 0.25) is 0 Å². The fourth-order valence-electron chi connectivity index (χ4n) is 14.0. The van der Waals surface area contributed by atoms with Crippen LogP contribution in [0.5, 0.6) is 0 Å². The van der Waals surface area contributed by atoms with E-state index in [1.807, 2.05) is 6.92 Å². The number of carbonyl (C=O) groups is 2. The summed E-state index contributed by atoms with van der Waals surface area (Å²) < 4.78 is 30.1. The Bertz CT molecular complexity index is 1630. The first-order valence-corrected chi connectivity index (χ1v) is 22.8. The SMILES string of the molecule is CCCCOC(=O)C1OC(OC2CCC3(C)C(CCC4(C)C3CC=C3C5CC(C)(C)CCC5(C(=O)O)CCC34C)C2(C)C)C(OC2OC(CO)C(O)C(O)C2O)C(O)C1O. The molecule has 2 aliphatic heterocycles. The van der Waals surface area contributed by atoms with Crippen molar-refractivity contribution in [3.8, 4) is 0 Å². The number of ether oxygens (including phenoxy) is 5.